The van der Waals surface area contributed by atoms with E-state index in [0.717, 1.165) is 5.56 Å². The number of carbonyl (C=O) groups is 3. The molecule has 0 aliphatic heterocycles. The Hall–Kier alpha value is -2.74. The molecule has 0 aliphatic carbocycles. The van der Waals surface area contributed by atoms with Gasteiger partial charge in [-0.2, -0.15) is 0 Å². The molecule has 144 valence electrons. The van der Waals surface area contributed by atoms with E-state index < -0.39 is 24.4 Å². The van der Waals surface area contributed by atoms with Crippen LogP contribution in [-0.4, -0.2) is 36.0 Å². The van der Waals surface area contributed by atoms with Crippen molar-refractivity contribution >= 4 is 34.3 Å². The van der Waals surface area contributed by atoms with E-state index in [9.17, 15) is 14.4 Å². The van der Waals surface area contributed by atoms with Crippen molar-refractivity contribution in [2.75, 3.05) is 18.5 Å². The van der Waals surface area contributed by atoms with E-state index >= 15 is 0 Å². The van der Waals surface area contributed by atoms with Crippen molar-refractivity contribution in [1.29, 1.82) is 0 Å². The van der Waals surface area contributed by atoms with Gasteiger partial charge in [0.05, 0.1) is 24.6 Å². The van der Waals surface area contributed by atoms with Crippen molar-refractivity contribution in [2.24, 2.45) is 0 Å². The van der Waals surface area contributed by atoms with Crippen LogP contribution in [0.3, 0.4) is 0 Å². The van der Waals surface area contributed by atoms with Crippen molar-refractivity contribution in [3.05, 3.63) is 47.0 Å². The molecule has 1 aromatic heterocycles. The van der Waals surface area contributed by atoms with Gasteiger partial charge < -0.3 is 9.47 Å². The summed E-state index contributed by atoms with van der Waals surface area (Å²) in [6, 6.07) is 9.30. The Labute approximate surface area is 161 Å². The average molecular weight is 390 g/mol. The van der Waals surface area contributed by atoms with Crippen LogP contribution in [0.25, 0.3) is 0 Å². The van der Waals surface area contributed by atoms with Crippen molar-refractivity contribution in [2.45, 2.75) is 32.6 Å². The first-order valence-electron chi connectivity index (χ1n) is 8.64. The molecule has 0 saturated carbocycles. The molecule has 0 radical (unpaired) electrons. The Bertz CT molecular complexity index is 775. The van der Waals surface area contributed by atoms with Crippen LogP contribution in [0.1, 0.15) is 37.4 Å². The summed E-state index contributed by atoms with van der Waals surface area (Å²) < 4.78 is 9.99. The Balaban J connectivity index is 1.83. The monoisotopic (exact) mass is 390 g/mol. The summed E-state index contributed by atoms with van der Waals surface area (Å²) in [5.74, 6) is -1.71. The zero-order chi connectivity index (χ0) is 19.6. The number of thiazole rings is 1. The van der Waals surface area contributed by atoms with Gasteiger partial charge in [-0.15, -0.1) is 11.3 Å². The first-order valence-corrected chi connectivity index (χ1v) is 9.52. The summed E-state index contributed by atoms with van der Waals surface area (Å²) in [6.45, 7) is 3.53. The Morgan fingerprint density at radius 3 is 2.56 bits per heavy atom. The maximum absolute atomic E-state index is 12.3. The molecule has 1 atom stereocenters. The average Bonchev–Trinajstić information content (AvgIpc) is 3.08. The van der Waals surface area contributed by atoms with Crippen LogP contribution in [0.15, 0.2) is 35.7 Å². The number of amides is 1. The van der Waals surface area contributed by atoms with E-state index in [1.54, 1.807) is 12.3 Å². The maximum atomic E-state index is 12.3. The molecule has 0 aliphatic rings. The van der Waals surface area contributed by atoms with E-state index in [-0.39, 0.29) is 12.4 Å². The van der Waals surface area contributed by atoms with Gasteiger partial charge in [0.1, 0.15) is 0 Å². The number of aromatic nitrogens is 1. The summed E-state index contributed by atoms with van der Waals surface area (Å²) in [5.41, 5.74) is 1.37. The van der Waals surface area contributed by atoms with Crippen LogP contribution in [0.4, 0.5) is 5.13 Å². The Kier molecular flexibility index (Phi) is 7.94. The van der Waals surface area contributed by atoms with Gasteiger partial charge in [-0.25, -0.2) is 4.98 Å². The molecule has 0 spiro atoms. The number of carbonyl (C=O) groups excluding carboxylic acids is 3. The minimum Gasteiger partial charge on any atom is -0.466 e. The van der Waals surface area contributed by atoms with E-state index in [4.69, 9.17) is 9.47 Å². The predicted molar refractivity (Wildman–Crippen MR) is 102 cm³/mol. The molecule has 2 rings (SSSR count). The van der Waals surface area contributed by atoms with E-state index in [1.807, 2.05) is 37.3 Å². The number of nitrogens with zero attached hydrogens (tertiary/aromatic N) is 1. The lowest BCUT2D eigenvalue weighted by Crippen LogP contribution is -2.23. The zero-order valence-electron chi connectivity index (χ0n) is 15.3. The second kappa shape index (κ2) is 10.4. The molecule has 0 unspecified atom stereocenters. The lowest BCUT2D eigenvalue weighted by Gasteiger charge is -2.14. The SMILES string of the molecule is CCOC(=O)Cc1csc(NC(=O)COC(=O)[C@@H](CC)c2ccccc2)n1. The molecule has 1 amide bonds. The summed E-state index contributed by atoms with van der Waals surface area (Å²) >= 11 is 1.19. The van der Waals surface area contributed by atoms with Gasteiger partial charge >= 0.3 is 11.9 Å². The number of anilines is 1. The highest BCUT2D eigenvalue weighted by molar-refractivity contribution is 7.13. The fourth-order valence-electron chi connectivity index (χ4n) is 2.42. The fraction of sp³-hybridized carbons (Fsp3) is 0.368. The standard InChI is InChI=1S/C19H22N2O5S/c1-3-15(13-8-6-5-7-9-13)18(24)26-11-16(22)21-19-20-14(12-27-19)10-17(23)25-4-2/h5-9,12,15H,3-4,10-11H2,1-2H3,(H,20,21,22)/t15-/m0/s1. The van der Waals surface area contributed by atoms with Crippen LogP contribution in [0, 0.1) is 0 Å². The summed E-state index contributed by atoms with van der Waals surface area (Å²) in [6.07, 6.45) is 0.624. The minimum atomic E-state index is -0.483. The molecule has 0 fully saturated rings. The van der Waals surface area contributed by atoms with E-state index in [0.29, 0.717) is 23.9 Å². The first kappa shape index (κ1) is 20.6. The van der Waals surface area contributed by atoms with Gasteiger partial charge in [0, 0.05) is 5.38 Å². The zero-order valence-corrected chi connectivity index (χ0v) is 16.1. The van der Waals surface area contributed by atoms with Crippen molar-refractivity contribution in [3.63, 3.8) is 0 Å². The number of benzene rings is 1. The minimum absolute atomic E-state index is 0.0461. The third kappa shape index (κ3) is 6.49. The third-order valence-corrected chi connectivity index (χ3v) is 4.48. The smallest absolute Gasteiger partial charge is 0.313 e. The van der Waals surface area contributed by atoms with E-state index in [1.165, 1.54) is 11.3 Å². The number of nitrogens with one attached hydrogen (secondary N) is 1. The molecule has 7 nitrogen and oxygen atoms in total. The van der Waals surface area contributed by atoms with Crippen molar-refractivity contribution in [1.82, 2.24) is 4.98 Å². The normalized spacial score (nSPS) is 11.5. The lowest BCUT2D eigenvalue weighted by atomic mass is 9.97. The molecule has 8 heteroatoms. The number of rotatable bonds is 9. The van der Waals surface area contributed by atoms with E-state index in [2.05, 4.69) is 10.3 Å². The second-order valence-electron chi connectivity index (χ2n) is 5.65. The molecule has 0 saturated heterocycles. The van der Waals surface area contributed by atoms with Crippen molar-refractivity contribution in [3.8, 4) is 0 Å². The molecule has 2 aromatic rings. The molecule has 1 heterocycles. The fourth-order valence-corrected chi connectivity index (χ4v) is 3.15. The molecule has 1 aromatic carbocycles. The second-order valence-corrected chi connectivity index (χ2v) is 6.51. The van der Waals surface area contributed by atoms with Gasteiger partial charge in [-0.1, -0.05) is 37.3 Å². The number of esters is 2. The Morgan fingerprint density at radius 1 is 1.15 bits per heavy atom. The molecular weight excluding hydrogens is 368 g/mol. The summed E-state index contributed by atoms with van der Waals surface area (Å²) in [5, 5.41) is 4.56. The van der Waals surface area contributed by atoms with Crippen LogP contribution < -0.4 is 5.32 Å². The number of hydrogen-bond donors (Lipinski definition) is 1. The van der Waals surface area contributed by atoms with Crippen LogP contribution in [0.5, 0.6) is 0 Å². The lowest BCUT2D eigenvalue weighted by molar-refractivity contribution is -0.149. The van der Waals surface area contributed by atoms with Crippen molar-refractivity contribution < 1.29 is 23.9 Å². The molecule has 0 bridgehead atoms. The number of hydrogen-bond acceptors (Lipinski definition) is 7. The van der Waals surface area contributed by atoms with Crippen LogP contribution in [-0.2, 0) is 30.3 Å². The molecule has 1 N–H and O–H groups in total. The van der Waals surface area contributed by atoms with Gasteiger partial charge in [-0.05, 0) is 18.9 Å². The summed E-state index contributed by atoms with van der Waals surface area (Å²) in [7, 11) is 0. The van der Waals surface area contributed by atoms with Crippen LogP contribution in [0.2, 0.25) is 0 Å². The van der Waals surface area contributed by atoms with Gasteiger partial charge in [0.25, 0.3) is 5.91 Å². The number of ether oxygens (including phenoxy) is 2. The first-order chi connectivity index (χ1) is 13.0. The molecule has 27 heavy (non-hydrogen) atoms. The summed E-state index contributed by atoms with van der Waals surface area (Å²) in [4.78, 5) is 39.8. The highest BCUT2D eigenvalue weighted by atomic mass is 32.1. The van der Waals surface area contributed by atoms with Gasteiger partial charge in [0.2, 0.25) is 0 Å². The van der Waals surface area contributed by atoms with Gasteiger partial charge in [0.15, 0.2) is 11.7 Å². The predicted octanol–water partition coefficient (Wildman–Crippen LogP) is 2.92. The highest BCUT2D eigenvalue weighted by Gasteiger charge is 2.21. The van der Waals surface area contributed by atoms with Crippen LogP contribution >= 0.6 is 11.3 Å². The third-order valence-electron chi connectivity index (χ3n) is 3.67. The molecular formula is C19H22N2O5S. The Morgan fingerprint density at radius 2 is 1.89 bits per heavy atom. The van der Waals surface area contributed by atoms with Gasteiger partial charge in [-0.3, -0.25) is 19.7 Å². The largest absolute Gasteiger partial charge is 0.466 e. The topological polar surface area (TPSA) is 94.6 Å². The highest BCUT2D eigenvalue weighted by Crippen LogP contribution is 2.21. The quantitative estimate of drug-likeness (QED) is 0.662. The maximum Gasteiger partial charge on any atom is 0.313 e.